The maximum Gasteiger partial charge on any atom is 0.305 e. The van der Waals surface area contributed by atoms with Crippen LogP contribution in [0, 0.1) is 6.92 Å². The Bertz CT molecular complexity index is 448. The van der Waals surface area contributed by atoms with E-state index in [0.29, 0.717) is 10.7 Å². The van der Waals surface area contributed by atoms with Crippen molar-refractivity contribution in [3.63, 3.8) is 0 Å². The Hall–Kier alpha value is -1.59. The second-order valence-electron chi connectivity index (χ2n) is 3.66. The lowest BCUT2D eigenvalue weighted by Gasteiger charge is -2.11. The molecule has 0 bridgehead atoms. The summed E-state index contributed by atoms with van der Waals surface area (Å²) >= 11 is 5.83. The fourth-order valence-electron chi connectivity index (χ4n) is 1.24. The van der Waals surface area contributed by atoms with Gasteiger partial charge in [0.15, 0.2) is 0 Å². The lowest BCUT2D eigenvalue weighted by Crippen LogP contribution is -2.37. The van der Waals surface area contributed by atoms with E-state index in [-0.39, 0.29) is 0 Å². The molecule has 0 spiro atoms. The van der Waals surface area contributed by atoms with Crippen molar-refractivity contribution in [3.8, 4) is 0 Å². The molecule has 0 fully saturated rings. The molecule has 0 unspecified atom stereocenters. The Labute approximate surface area is 104 Å². The van der Waals surface area contributed by atoms with Crippen LogP contribution < -0.4 is 11.1 Å². The van der Waals surface area contributed by atoms with Crippen LogP contribution in [0.4, 0.5) is 5.69 Å². The summed E-state index contributed by atoms with van der Waals surface area (Å²) in [4.78, 5) is 21.9. The van der Waals surface area contributed by atoms with Crippen molar-refractivity contribution in [2.45, 2.75) is 19.4 Å². The Morgan fingerprint density at radius 1 is 1.53 bits per heavy atom. The van der Waals surface area contributed by atoms with E-state index in [4.69, 9.17) is 22.4 Å². The van der Waals surface area contributed by atoms with E-state index in [0.717, 1.165) is 5.56 Å². The average molecular weight is 257 g/mol. The zero-order valence-electron chi connectivity index (χ0n) is 9.24. The minimum atomic E-state index is -1.11. The Morgan fingerprint density at radius 2 is 2.18 bits per heavy atom. The van der Waals surface area contributed by atoms with Gasteiger partial charge in [-0.3, -0.25) is 9.59 Å². The van der Waals surface area contributed by atoms with Gasteiger partial charge in [0.25, 0.3) is 0 Å². The zero-order chi connectivity index (χ0) is 13.0. The first-order valence-electron chi connectivity index (χ1n) is 4.94. The first kappa shape index (κ1) is 13.5. The van der Waals surface area contributed by atoms with Crippen LogP contribution in [0.2, 0.25) is 5.02 Å². The van der Waals surface area contributed by atoms with Gasteiger partial charge in [0.1, 0.15) is 0 Å². The molecule has 92 valence electrons. The zero-order valence-corrected chi connectivity index (χ0v) is 9.99. The smallest absolute Gasteiger partial charge is 0.305 e. The van der Waals surface area contributed by atoms with Gasteiger partial charge >= 0.3 is 5.97 Å². The van der Waals surface area contributed by atoms with Gasteiger partial charge in [-0.05, 0) is 30.7 Å². The summed E-state index contributed by atoms with van der Waals surface area (Å²) in [6.07, 6.45) is -0.404. The number of carbonyl (C=O) groups excluding carboxylic acids is 1. The molecular formula is C11H13ClN2O3. The van der Waals surface area contributed by atoms with Crippen molar-refractivity contribution in [2.75, 3.05) is 5.32 Å². The first-order valence-corrected chi connectivity index (χ1v) is 5.32. The SMILES string of the molecule is Cc1cc(NC(=O)[C@@H](N)CC(=O)O)ccc1Cl. The molecule has 1 aromatic rings. The normalized spacial score (nSPS) is 11.9. The highest BCUT2D eigenvalue weighted by Crippen LogP contribution is 2.19. The van der Waals surface area contributed by atoms with Crippen LogP contribution in [0.1, 0.15) is 12.0 Å². The molecule has 0 saturated carbocycles. The van der Waals surface area contributed by atoms with E-state index in [2.05, 4.69) is 5.32 Å². The second kappa shape index (κ2) is 5.65. The molecule has 0 aliphatic rings. The van der Waals surface area contributed by atoms with Crippen LogP contribution in [-0.4, -0.2) is 23.0 Å². The fourth-order valence-corrected chi connectivity index (χ4v) is 1.36. The highest BCUT2D eigenvalue weighted by Gasteiger charge is 2.17. The predicted molar refractivity (Wildman–Crippen MR) is 65.0 cm³/mol. The molecule has 17 heavy (non-hydrogen) atoms. The van der Waals surface area contributed by atoms with Crippen LogP contribution in [0.3, 0.4) is 0 Å². The van der Waals surface area contributed by atoms with Gasteiger partial charge in [-0.25, -0.2) is 0 Å². The monoisotopic (exact) mass is 256 g/mol. The number of aryl methyl sites for hydroxylation is 1. The van der Waals surface area contributed by atoms with Crippen LogP contribution >= 0.6 is 11.6 Å². The third kappa shape index (κ3) is 4.05. The number of carboxylic acids is 1. The maximum absolute atomic E-state index is 11.5. The number of hydrogen-bond donors (Lipinski definition) is 3. The standard InChI is InChI=1S/C11H13ClN2O3/c1-6-4-7(2-3-8(6)12)14-11(17)9(13)5-10(15)16/h2-4,9H,5,13H2,1H3,(H,14,17)(H,15,16)/t9-/m0/s1. The van der Waals surface area contributed by atoms with Gasteiger partial charge < -0.3 is 16.2 Å². The molecule has 0 aliphatic carbocycles. The summed E-state index contributed by atoms with van der Waals surface area (Å²) < 4.78 is 0. The van der Waals surface area contributed by atoms with E-state index in [1.807, 2.05) is 0 Å². The van der Waals surface area contributed by atoms with Gasteiger partial charge in [0.2, 0.25) is 5.91 Å². The third-order valence-electron chi connectivity index (χ3n) is 2.16. The summed E-state index contributed by atoms with van der Waals surface area (Å²) in [7, 11) is 0. The Morgan fingerprint density at radius 3 is 2.71 bits per heavy atom. The van der Waals surface area contributed by atoms with Crippen LogP contribution in [0.25, 0.3) is 0 Å². The number of nitrogens with one attached hydrogen (secondary N) is 1. The number of hydrogen-bond acceptors (Lipinski definition) is 3. The fraction of sp³-hybridized carbons (Fsp3) is 0.273. The molecule has 0 heterocycles. The van der Waals surface area contributed by atoms with Gasteiger partial charge in [-0.1, -0.05) is 11.6 Å². The highest BCUT2D eigenvalue weighted by atomic mass is 35.5. The first-order chi connectivity index (χ1) is 7.90. The highest BCUT2D eigenvalue weighted by molar-refractivity contribution is 6.31. The number of carbonyl (C=O) groups is 2. The number of benzene rings is 1. The lowest BCUT2D eigenvalue weighted by molar-refractivity contribution is -0.138. The van der Waals surface area contributed by atoms with E-state index in [1.165, 1.54) is 0 Å². The van der Waals surface area contributed by atoms with Crippen molar-refractivity contribution in [1.82, 2.24) is 0 Å². The van der Waals surface area contributed by atoms with Gasteiger partial charge in [0.05, 0.1) is 12.5 Å². The molecule has 5 nitrogen and oxygen atoms in total. The van der Waals surface area contributed by atoms with Crippen molar-refractivity contribution in [1.29, 1.82) is 0 Å². The van der Waals surface area contributed by atoms with Gasteiger partial charge in [-0.15, -0.1) is 0 Å². The molecule has 0 saturated heterocycles. The lowest BCUT2D eigenvalue weighted by atomic mass is 10.2. The molecule has 1 atom stereocenters. The van der Waals surface area contributed by atoms with Crippen LogP contribution in [-0.2, 0) is 9.59 Å². The summed E-state index contributed by atoms with van der Waals surface area (Å²) in [5.74, 6) is -1.64. The Balaban J connectivity index is 2.67. The Kier molecular flexibility index (Phi) is 4.48. The molecule has 4 N–H and O–H groups in total. The molecule has 0 aliphatic heterocycles. The summed E-state index contributed by atoms with van der Waals surface area (Å²) in [6, 6.07) is 3.90. The number of rotatable bonds is 4. The van der Waals surface area contributed by atoms with E-state index >= 15 is 0 Å². The number of anilines is 1. The van der Waals surface area contributed by atoms with Crippen molar-refractivity contribution in [2.24, 2.45) is 5.73 Å². The number of halogens is 1. The van der Waals surface area contributed by atoms with Gasteiger partial charge in [0, 0.05) is 10.7 Å². The van der Waals surface area contributed by atoms with Crippen molar-refractivity contribution >= 4 is 29.2 Å². The number of amides is 1. The second-order valence-corrected chi connectivity index (χ2v) is 4.06. The van der Waals surface area contributed by atoms with E-state index in [9.17, 15) is 9.59 Å². The number of aliphatic carboxylic acids is 1. The number of nitrogens with two attached hydrogens (primary N) is 1. The minimum absolute atomic E-state index is 0.404. The molecule has 6 heteroatoms. The molecule has 0 aromatic heterocycles. The van der Waals surface area contributed by atoms with Crippen LogP contribution in [0.5, 0.6) is 0 Å². The minimum Gasteiger partial charge on any atom is -0.481 e. The summed E-state index contributed by atoms with van der Waals surface area (Å²) in [5.41, 5.74) is 6.77. The quantitative estimate of drug-likeness (QED) is 0.759. The molecule has 1 aromatic carbocycles. The van der Waals surface area contributed by atoms with E-state index < -0.39 is 24.3 Å². The summed E-state index contributed by atoms with van der Waals surface area (Å²) in [6.45, 7) is 1.80. The topological polar surface area (TPSA) is 92.4 Å². The third-order valence-corrected chi connectivity index (χ3v) is 2.58. The van der Waals surface area contributed by atoms with E-state index in [1.54, 1.807) is 25.1 Å². The van der Waals surface area contributed by atoms with Crippen molar-refractivity contribution < 1.29 is 14.7 Å². The molecule has 0 radical (unpaired) electrons. The summed E-state index contributed by atoms with van der Waals surface area (Å²) in [5, 5.41) is 11.6. The average Bonchev–Trinajstić information content (AvgIpc) is 2.22. The largest absolute Gasteiger partial charge is 0.481 e. The molecule has 1 rings (SSSR count). The number of carboxylic acid groups (broad SMARTS) is 1. The predicted octanol–water partition coefficient (Wildman–Crippen LogP) is 1.39. The molecular weight excluding hydrogens is 244 g/mol. The molecule has 1 amide bonds. The maximum atomic E-state index is 11.5. The van der Waals surface area contributed by atoms with Crippen molar-refractivity contribution in [3.05, 3.63) is 28.8 Å². The van der Waals surface area contributed by atoms with Gasteiger partial charge in [-0.2, -0.15) is 0 Å². The van der Waals surface area contributed by atoms with Crippen LogP contribution in [0.15, 0.2) is 18.2 Å².